The molecule has 1 rings (SSSR count). The number of hydrazine groups is 1. The molecule has 0 bridgehead atoms. The molecule has 0 aliphatic rings. The van der Waals surface area contributed by atoms with Gasteiger partial charge in [-0.1, -0.05) is 13.3 Å². The van der Waals surface area contributed by atoms with Gasteiger partial charge in [-0.2, -0.15) is 0 Å². The van der Waals surface area contributed by atoms with Gasteiger partial charge in [-0.15, -0.1) is 0 Å². The molecule has 1 aromatic rings. The van der Waals surface area contributed by atoms with Gasteiger partial charge in [-0.25, -0.2) is 15.8 Å². The largest absolute Gasteiger partial charge is 0.490 e. The van der Waals surface area contributed by atoms with E-state index >= 15 is 0 Å². The van der Waals surface area contributed by atoms with Crippen molar-refractivity contribution >= 4 is 11.6 Å². The minimum Gasteiger partial charge on any atom is -0.490 e. The molecule has 0 saturated carbocycles. The van der Waals surface area contributed by atoms with Gasteiger partial charge >= 0.3 is 0 Å². The summed E-state index contributed by atoms with van der Waals surface area (Å²) in [6.45, 7) is 2.72. The summed E-state index contributed by atoms with van der Waals surface area (Å²) in [5.41, 5.74) is 2.48. The van der Waals surface area contributed by atoms with Crippen LogP contribution in [0, 0.1) is 0 Å². The maximum Gasteiger partial charge on any atom is 0.205 e. The molecule has 0 spiro atoms. The molecule has 0 radical (unpaired) electrons. The van der Waals surface area contributed by atoms with E-state index in [9.17, 15) is 0 Å². The summed E-state index contributed by atoms with van der Waals surface area (Å²) >= 11 is 0. The Balaban J connectivity index is 2.87. The van der Waals surface area contributed by atoms with Gasteiger partial charge < -0.3 is 20.2 Å². The minimum atomic E-state index is 0.175. The molecule has 102 valence electrons. The molecule has 1 aromatic heterocycles. The molecule has 0 aliphatic carbocycles. The molecule has 1 heterocycles. The number of nitrogen functional groups attached to an aromatic ring is 1. The molecular weight excluding hydrogens is 234 g/mol. The highest BCUT2D eigenvalue weighted by molar-refractivity contribution is 5.63. The molecule has 1 unspecified atom stereocenters. The molecule has 0 amide bonds. The Bertz CT molecular complexity index is 355. The number of hydrogen-bond acceptors (Lipinski definition) is 7. The number of ether oxygens (including phenoxy) is 2. The second kappa shape index (κ2) is 7.67. The second-order valence-electron chi connectivity index (χ2n) is 3.83. The summed E-state index contributed by atoms with van der Waals surface area (Å²) in [6.07, 6.45) is 3.46. The second-order valence-corrected chi connectivity index (χ2v) is 3.83. The molecule has 0 aromatic carbocycles. The number of aromatic nitrogens is 2. The first-order valence-corrected chi connectivity index (χ1v) is 5.87. The van der Waals surface area contributed by atoms with E-state index in [2.05, 4.69) is 27.6 Å². The molecule has 7 heteroatoms. The lowest BCUT2D eigenvalue weighted by Crippen LogP contribution is -2.26. The summed E-state index contributed by atoms with van der Waals surface area (Å²) in [4.78, 5) is 8.15. The first-order chi connectivity index (χ1) is 8.76. The minimum absolute atomic E-state index is 0.175. The zero-order valence-electron chi connectivity index (χ0n) is 11.1. The Morgan fingerprint density at radius 1 is 1.33 bits per heavy atom. The Labute approximate surface area is 107 Å². The third-order valence-corrected chi connectivity index (χ3v) is 2.49. The SMILES string of the molecule is CCCC(COC)Nc1ncnc(NN)c1OC. The van der Waals surface area contributed by atoms with E-state index in [-0.39, 0.29) is 6.04 Å². The first kappa shape index (κ1) is 14.5. The highest BCUT2D eigenvalue weighted by atomic mass is 16.5. The van der Waals surface area contributed by atoms with E-state index in [4.69, 9.17) is 15.3 Å². The highest BCUT2D eigenvalue weighted by Crippen LogP contribution is 2.28. The topological polar surface area (TPSA) is 94.3 Å². The molecule has 7 nitrogen and oxygen atoms in total. The molecule has 4 N–H and O–H groups in total. The average molecular weight is 255 g/mol. The van der Waals surface area contributed by atoms with Crippen molar-refractivity contribution in [2.45, 2.75) is 25.8 Å². The van der Waals surface area contributed by atoms with E-state index in [1.54, 1.807) is 14.2 Å². The highest BCUT2D eigenvalue weighted by Gasteiger charge is 2.15. The van der Waals surface area contributed by atoms with Crippen LogP contribution in [0.3, 0.4) is 0 Å². The average Bonchev–Trinajstić information content (AvgIpc) is 2.39. The fraction of sp³-hybridized carbons (Fsp3) is 0.636. The molecule has 0 aliphatic heterocycles. The standard InChI is InChI=1S/C11H21N5O2/c1-4-5-8(6-17-2)15-10-9(18-3)11(16-12)14-7-13-10/h7-8H,4-6,12H2,1-3H3,(H2,13,14,15,16). The maximum absolute atomic E-state index is 5.37. The number of nitrogens with one attached hydrogen (secondary N) is 2. The van der Waals surface area contributed by atoms with Gasteiger partial charge in [0.2, 0.25) is 5.75 Å². The van der Waals surface area contributed by atoms with Crippen LogP contribution in [0.2, 0.25) is 0 Å². The van der Waals surface area contributed by atoms with Gasteiger partial charge in [0.15, 0.2) is 11.6 Å². The van der Waals surface area contributed by atoms with Gasteiger partial charge in [0.1, 0.15) is 6.33 Å². The van der Waals surface area contributed by atoms with Crippen LogP contribution in [0.15, 0.2) is 6.33 Å². The molecule has 0 saturated heterocycles. The summed E-state index contributed by atoms with van der Waals surface area (Å²) in [6, 6.07) is 0.175. The van der Waals surface area contributed by atoms with E-state index in [0.29, 0.717) is 24.0 Å². The molecular formula is C11H21N5O2. The van der Waals surface area contributed by atoms with E-state index in [1.807, 2.05) is 0 Å². The molecule has 1 atom stereocenters. The number of anilines is 2. The fourth-order valence-corrected chi connectivity index (χ4v) is 1.71. The van der Waals surface area contributed by atoms with Crippen molar-refractivity contribution in [3.8, 4) is 5.75 Å². The van der Waals surface area contributed by atoms with Crippen LogP contribution in [0.4, 0.5) is 11.6 Å². The summed E-state index contributed by atoms with van der Waals surface area (Å²) in [7, 11) is 3.23. The molecule has 0 fully saturated rings. The lowest BCUT2D eigenvalue weighted by atomic mass is 10.2. The third-order valence-electron chi connectivity index (χ3n) is 2.49. The smallest absolute Gasteiger partial charge is 0.205 e. The summed E-state index contributed by atoms with van der Waals surface area (Å²) < 4.78 is 10.4. The van der Waals surface area contributed by atoms with Gasteiger partial charge in [-0.05, 0) is 6.42 Å². The van der Waals surface area contributed by atoms with Gasteiger partial charge in [0.25, 0.3) is 0 Å². The van der Waals surface area contributed by atoms with Crippen molar-refractivity contribution in [3.63, 3.8) is 0 Å². The van der Waals surface area contributed by atoms with E-state index in [1.165, 1.54) is 6.33 Å². The van der Waals surface area contributed by atoms with Crippen molar-refractivity contribution in [1.29, 1.82) is 0 Å². The predicted molar refractivity (Wildman–Crippen MR) is 70.6 cm³/mol. The van der Waals surface area contributed by atoms with Crippen LogP contribution in [-0.4, -0.2) is 36.8 Å². The zero-order valence-corrected chi connectivity index (χ0v) is 11.1. The fourth-order valence-electron chi connectivity index (χ4n) is 1.71. The van der Waals surface area contributed by atoms with Crippen molar-refractivity contribution in [3.05, 3.63) is 6.33 Å². The normalized spacial score (nSPS) is 12.0. The van der Waals surface area contributed by atoms with Crippen LogP contribution < -0.4 is 21.3 Å². The maximum atomic E-state index is 5.37. The predicted octanol–water partition coefficient (Wildman–Crippen LogP) is 0.998. The number of nitrogens with two attached hydrogens (primary N) is 1. The van der Waals surface area contributed by atoms with E-state index < -0.39 is 0 Å². The number of methoxy groups -OCH3 is 2. The monoisotopic (exact) mass is 255 g/mol. The molecule has 18 heavy (non-hydrogen) atoms. The Morgan fingerprint density at radius 3 is 2.61 bits per heavy atom. The van der Waals surface area contributed by atoms with Crippen LogP contribution >= 0.6 is 0 Å². The van der Waals surface area contributed by atoms with Crippen LogP contribution in [0.5, 0.6) is 5.75 Å². The summed E-state index contributed by atoms with van der Waals surface area (Å²) in [5.74, 6) is 6.92. The van der Waals surface area contributed by atoms with Crippen molar-refractivity contribution < 1.29 is 9.47 Å². The van der Waals surface area contributed by atoms with Gasteiger partial charge in [-0.3, -0.25) is 0 Å². The Morgan fingerprint density at radius 2 is 2.06 bits per heavy atom. The number of hydrogen-bond donors (Lipinski definition) is 3. The first-order valence-electron chi connectivity index (χ1n) is 5.87. The van der Waals surface area contributed by atoms with E-state index in [0.717, 1.165) is 12.8 Å². The van der Waals surface area contributed by atoms with Crippen molar-refractivity contribution in [1.82, 2.24) is 9.97 Å². The number of nitrogens with zero attached hydrogens (tertiary/aromatic N) is 2. The lowest BCUT2D eigenvalue weighted by molar-refractivity contribution is 0.182. The summed E-state index contributed by atoms with van der Waals surface area (Å²) in [5, 5.41) is 3.28. The van der Waals surface area contributed by atoms with Gasteiger partial charge in [0.05, 0.1) is 19.8 Å². The van der Waals surface area contributed by atoms with Gasteiger partial charge in [0, 0.05) is 7.11 Å². The van der Waals surface area contributed by atoms with Crippen LogP contribution in [0.25, 0.3) is 0 Å². The third kappa shape index (κ3) is 3.71. The van der Waals surface area contributed by atoms with Crippen molar-refractivity contribution in [2.75, 3.05) is 31.6 Å². The lowest BCUT2D eigenvalue weighted by Gasteiger charge is -2.19. The van der Waals surface area contributed by atoms with Crippen LogP contribution in [-0.2, 0) is 4.74 Å². The van der Waals surface area contributed by atoms with Crippen LogP contribution in [0.1, 0.15) is 19.8 Å². The zero-order chi connectivity index (χ0) is 13.4. The number of rotatable bonds is 8. The quantitative estimate of drug-likeness (QED) is 0.471. The van der Waals surface area contributed by atoms with Crippen molar-refractivity contribution in [2.24, 2.45) is 5.84 Å². The Hall–Kier alpha value is -1.60. The Kier molecular flexibility index (Phi) is 6.16.